The smallest absolute Gasteiger partial charge is 0.255 e. The molecule has 1 saturated carbocycles. The second kappa shape index (κ2) is 8.39. The third-order valence-corrected chi connectivity index (χ3v) is 8.38. The van der Waals surface area contributed by atoms with Crippen molar-refractivity contribution in [3.05, 3.63) is 46.2 Å². The van der Waals surface area contributed by atoms with Gasteiger partial charge in [-0.2, -0.15) is 0 Å². The Labute approximate surface area is 220 Å². The van der Waals surface area contributed by atoms with Crippen molar-refractivity contribution < 1.29 is 39.5 Å². The van der Waals surface area contributed by atoms with Crippen molar-refractivity contribution in [2.24, 2.45) is 17.6 Å². The number of amides is 1. The largest absolute Gasteiger partial charge is 0.508 e. The SMILES string of the molecule is CC1(C)CC(NC2C(=O)C(C(N)=O)=C(O)C3(O)C(=O)C4=C(O)c5c(O)cccc5CC4CC23)CC(C)(C)O1. The molecule has 3 aliphatic carbocycles. The zero-order valence-electron chi connectivity index (χ0n) is 21.9. The summed E-state index contributed by atoms with van der Waals surface area (Å²) in [5, 5.41) is 47.6. The molecule has 38 heavy (non-hydrogen) atoms. The number of carbonyl (C=O) groups is 3. The minimum absolute atomic E-state index is 0.0479. The van der Waals surface area contributed by atoms with Gasteiger partial charge >= 0.3 is 0 Å². The van der Waals surface area contributed by atoms with Gasteiger partial charge in [0, 0.05) is 17.5 Å². The van der Waals surface area contributed by atoms with Gasteiger partial charge in [0.2, 0.25) is 5.78 Å². The van der Waals surface area contributed by atoms with Gasteiger partial charge in [0.15, 0.2) is 11.4 Å². The number of fused-ring (bicyclic) bond motifs is 3. The van der Waals surface area contributed by atoms with Crippen LogP contribution in [-0.4, -0.2) is 66.8 Å². The van der Waals surface area contributed by atoms with Crippen molar-refractivity contribution in [3.63, 3.8) is 0 Å². The second-order valence-electron chi connectivity index (χ2n) is 12.2. The number of carbonyl (C=O) groups excluding carboxylic acids is 3. The molecule has 2 fully saturated rings. The van der Waals surface area contributed by atoms with Gasteiger partial charge in [0.05, 0.1) is 22.8 Å². The molecule has 10 heteroatoms. The number of primary amides is 1. The van der Waals surface area contributed by atoms with Crippen molar-refractivity contribution in [2.45, 2.75) is 82.3 Å². The average molecular weight is 527 g/mol. The molecule has 204 valence electrons. The highest BCUT2D eigenvalue weighted by Gasteiger charge is 2.64. The van der Waals surface area contributed by atoms with E-state index in [0.29, 0.717) is 18.4 Å². The molecule has 5 rings (SSSR count). The number of aliphatic hydroxyl groups is 3. The van der Waals surface area contributed by atoms with Crippen LogP contribution in [0.4, 0.5) is 0 Å². The number of nitrogens with one attached hydrogen (secondary N) is 1. The van der Waals surface area contributed by atoms with Gasteiger partial charge in [-0.15, -0.1) is 0 Å². The first kappa shape index (κ1) is 26.4. The summed E-state index contributed by atoms with van der Waals surface area (Å²) in [6.45, 7) is 7.73. The lowest BCUT2D eigenvalue weighted by molar-refractivity contribution is -0.169. The summed E-state index contributed by atoms with van der Waals surface area (Å²) in [6.07, 6.45) is 1.35. The van der Waals surface area contributed by atoms with E-state index in [9.17, 15) is 34.8 Å². The van der Waals surface area contributed by atoms with E-state index in [1.807, 2.05) is 27.7 Å². The highest BCUT2D eigenvalue weighted by atomic mass is 16.5. The van der Waals surface area contributed by atoms with Gasteiger partial charge in [-0.1, -0.05) is 12.1 Å². The number of ether oxygens (including phenoxy) is 1. The van der Waals surface area contributed by atoms with E-state index in [1.165, 1.54) is 6.07 Å². The van der Waals surface area contributed by atoms with E-state index >= 15 is 0 Å². The number of Topliss-reactive ketones (excluding diaryl/α,β-unsaturated/α-hetero) is 2. The molecule has 4 aliphatic rings. The second-order valence-corrected chi connectivity index (χ2v) is 12.2. The normalized spacial score (nSPS) is 32.5. The van der Waals surface area contributed by atoms with Crippen molar-refractivity contribution in [2.75, 3.05) is 0 Å². The number of ketones is 2. The quantitative estimate of drug-likeness (QED) is 0.320. The molecular formula is C28H34N2O8. The Kier molecular flexibility index (Phi) is 5.83. The molecule has 0 bridgehead atoms. The minimum atomic E-state index is -2.67. The molecule has 1 aromatic rings. The first-order chi connectivity index (χ1) is 17.6. The first-order valence-electron chi connectivity index (χ1n) is 12.8. The Morgan fingerprint density at radius 2 is 1.71 bits per heavy atom. The predicted molar refractivity (Wildman–Crippen MR) is 136 cm³/mol. The zero-order valence-corrected chi connectivity index (χ0v) is 21.9. The van der Waals surface area contributed by atoms with E-state index in [-0.39, 0.29) is 35.8 Å². The fourth-order valence-electron chi connectivity index (χ4n) is 7.27. The van der Waals surface area contributed by atoms with Gasteiger partial charge in [-0.25, -0.2) is 0 Å². The van der Waals surface area contributed by atoms with Crippen LogP contribution in [0.1, 0.15) is 58.1 Å². The molecule has 1 aliphatic heterocycles. The molecule has 0 spiro atoms. The fraction of sp³-hybridized carbons (Fsp3) is 0.536. The molecule has 1 amide bonds. The maximum absolute atomic E-state index is 13.9. The summed E-state index contributed by atoms with van der Waals surface area (Å²) in [5.41, 5.74) is 1.43. The zero-order chi connectivity index (χ0) is 27.9. The fourth-order valence-corrected chi connectivity index (χ4v) is 7.27. The van der Waals surface area contributed by atoms with E-state index in [0.717, 1.165) is 0 Å². The summed E-state index contributed by atoms with van der Waals surface area (Å²) in [4.78, 5) is 39.9. The summed E-state index contributed by atoms with van der Waals surface area (Å²) in [6, 6.07) is 3.25. The Morgan fingerprint density at radius 1 is 1.08 bits per heavy atom. The molecule has 7 N–H and O–H groups in total. The number of hydrogen-bond donors (Lipinski definition) is 6. The van der Waals surface area contributed by atoms with Gasteiger partial charge in [0.1, 0.15) is 22.8 Å². The first-order valence-corrected chi connectivity index (χ1v) is 12.8. The summed E-state index contributed by atoms with van der Waals surface area (Å²) < 4.78 is 6.15. The van der Waals surface area contributed by atoms with E-state index in [2.05, 4.69) is 5.32 Å². The number of rotatable bonds is 3. The predicted octanol–water partition coefficient (Wildman–Crippen LogP) is 1.73. The van der Waals surface area contributed by atoms with Crippen LogP contribution >= 0.6 is 0 Å². The summed E-state index contributed by atoms with van der Waals surface area (Å²) >= 11 is 0. The lowest BCUT2D eigenvalue weighted by Gasteiger charge is -2.51. The lowest BCUT2D eigenvalue weighted by atomic mass is 9.57. The molecule has 0 radical (unpaired) electrons. The standard InChI is InChI=1S/C28H34N2O8/c1-26(2)10-14(11-27(3,4)38-26)30-20-15-9-13-8-12-6-5-7-16(31)17(12)21(32)18(13)23(34)28(15,37)24(35)19(22(20)33)25(29)36/h5-7,13-15,20,30-32,35,37H,8-11H2,1-4H3,(H2,29,36). The third kappa shape index (κ3) is 3.85. The topological polar surface area (TPSA) is 179 Å². The Hall–Kier alpha value is -3.21. The number of phenols is 1. The number of aliphatic hydroxyl groups excluding tert-OH is 2. The van der Waals surface area contributed by atoms with Crippen LogP contribution in [0.25, 0.3) is 5.76 Å². The highest BCUT2D eigenvalue weighted by Crippen LogP contribution is 2.52. The van der Waals surface area contributed by atoms with Crippen molar-refractivity contribution >= 4 is 23.2 Å². The van der Waals surface area contributed by atoms with Crippen LogP contribution in [0.15, 0.2) is 35.1 Å². The maximum atomic E-state index is 13.9. The number of phenolic OH excluding ortho intramolecular Hbond substituents is 1. The van der Waals surface area contributed by atoms with Gasteiger partial charge < -0.3 is 36.2 Å². The van der Waals surface area contributed by atoms with Gasteiger partial charge in [-0.3, -0.25) is 14.4 Å². The summed E-state index contributed by atoms with van der Waals surface area (Å²) in [5.74, 6) is -6.62. The van der Waals surface area contributed by atoms with Crippen LogP contribution in [0, 0.1) is 11.8 Å². The van der Waals surface area contributed by atoms with Crippen molar-refractivity contribution in [1.29, 1.82) is 0 Å². The molecule has 0 aromatic heterocycles. The van der Waals surface area contributed by atoms with Gasteiger partial charge in [0.25, 0.3) is 5.91 Å². The van der Waals surface area contributed by atoms with Crippen LogP contribution in [-0.2, 0) is 25.5 Å². The van der Waals surface area contributed by atoms with Crippen LogP contribution in [0.5, 0.6) is 5.75 Å². The highest BCUT2D eigenvalue weighted by molar-refractivity contribution is 6.24. The average Bonchev–Trinajstić information content (AvgIpc) is 2.76. The van der Waals surface area contributed by atoms with Crippen molar-refractivity contribution in [3.8, 4) is 5.75 Å². The minimum Gasteiger partial charge on any atom is -0.508 e. The molecule has 10 nitrogen and oxygen atoms in total. The molecule has 4 unspecified atom stereocenters. The molecule has 1 saturated heterocycles. The number of hydrogen-bond acceptors (Lipinski definition) is 9. The van der Waals surface area contributed by atoms with Crippen LogP contribution in [0.2, 0.25) is 0 Å². The molecule has 4 atom stereocenters. The maximum Gasteiger partial charge on any atom is 0.255 e. The van der Waals surface area contributed by atoms with E-state index < -0.39 is 69.2 Å². The van der Waals surface area contributed by atoms with Crippen LogP contribution < -0.4 is 11.1 Å². The monoisotopic (exact) mass is 526 g/mol. The Bertz CT molecular complexity index is 1310. The number of aromatic hydroxyl groups is 1. The Morgan fingerprint density at radius 3 is 2.32 bits per heavy atom. The van der Waals surface area contributed by atoms with Crippen molar-refractivity contribution in [1.82, 2.24) is 5.32 Å². The van der Waals surface area contributed by atoms with E-state index in [4.69, 9.17) is 10.5 Å². The van der Waals surface area contributed by atoms with Crippen LogP contribution in [0.3, 0.4) is 0 Å². The molecule has 1 aromatic carbocycles. The third-order valence-electron chi connectivity index (χ3n) is 8.38. The van der Waals surface area contributed by atoms with E-state index in [1.54, 1.807) is 12.1 Å². The molecule has 1 heterocycles. The number of nitrogens with two attached hydrogens (primary N) is 1. The number of benzene rings is 1. The lowest BCUT2D eigenvalue weighted by Crippen LogP contribution is -2.68. The Balaban J connectivity index is 1.62. The molecular weight excluding hydrogens is 492 g/mol. The summed E-state index contributed by atoms with van der Waals surface area (Å²) in [7, 11) is 0. The van der Waals surface area contributed by atoms with Gasteiger partial charge in [-0.05, 0) is 70.9 Å².